The highest BCUT2D eigenvalue weighted by atomic mass is 16.7. The van der Waals surface area contributed by atoms with Crippen molar-refractivity contribution in [1.82, 2.24) is 0 Å². The number of esters is 1. The maximum Gasteiger partial charge on any atom is 0.340 e. The number of carbonyl (C=O) groups is 1. The van der Waals surface area contributed by atoms with Crippen LogP contribution in [0.15, 0.2) is 72.8 Å². The van der Waals surface area contributed by atoms with Crippen molar-refractivity contribution in [2.45, 2.75) is 6.29 Å². The number of hydrogen-bond acceptors (Lipinski definition) is 4. The Morgan fingerprint density at radius 2 is 1.33 bits per heavy atom. The van der Waals surface area contributed by atoms with Gasteiger partial charge in [-0.2, -0.15) is 0 Å². The standard InChI is InChI=1S/C17H16O4/c1-13(16(18)19-2)17(20-14-9-5-3-6-10-14)21-15-11-7-4-8-12-15/h3-12,17H,1H2,2H3. The molecule has 21 heavy (non-hydrogen) atoms. The number of carbonyl (C=O) groups excluding carboxylic acids is 1. The molecule has 0 aliphatic heterocycles. The van der Waals surface area contributed by atoms with Gasteiger partial charge in [0.05, 0.1) is 7.11 Å². The minimum atomic E-state index is -0.956. The van der Waals surface area contributed by atoms with E-state index in [1.165, 1.54) is 7.11 Å². The summed E-state index contributed by atoms with van der Waals surface area (Å²) in [5, 5.41) is 0. The Balaban J connectivity index is 2.18. The Bertz CT molecular complexity index is 551. The summed E-state index contributed by atoms with van der Waals surface area (Å²) >= 11 is 0. The minimum Gasteiger partial charge on any atom is -0.465 e. The molecule has 0 atom stereocenters. The molecular formula is C17H16O4. The molecule has 0 aliphatic rings. The number of benzene rings is 2. The Hall–Kier alpha value is -2.75. The highest BCUT2D eigenvalue weighted by molar-refractivity contribution is 5.88. The fourth-order valence-electron chi connectivity index (χ4n) is 1.64. The van der Waals surface area contributed by atoms with Gasteiger partial charge < -0.3 is 14.2 Å². The maximum atomic E-state index is 11.7. The third-order valence-corrected chi connectivity index (χ3v) is 2.70. The molecule has 0 saturated carbocycles. The van der Waals surface area contributed by atoms with Crippen LogP contribution in [0.2, 0.25) is 0 Å². The average molecular weight is 284 g/mol. The highest BCUT2D eigenvalue weighted by Gasteiger charge is 2.23. The summed E-state index contributed by atoms with van der Waals surface area (Å²) in [6.07, 6.45) is -0.956. The lowest BCUT2D eigenvalue weighted by Gasteiger charge is -2.21. The van der Waals surface area contributed by atoms with Crippen LogP contribution in [0.25, 0.3) is 0 Å². The van der Waals surface area contributed by atoms with Crippen molar-refractivity contribution in [1.29, 1.82) is 0 Å². The predicted octanol–water partition coefficient (Wildman–Crippen LogP) is 3.20. The molecule has 0 saturated heterocycles. The second-order valence-corrected chi connectivity index (χ2v) is 4.21. The van der Waals surface area contributed by atoms with Gasteiger partial charge in [0.1, 0.15) is 17.1 Å². The largest absolute Gasteiger partial charge is 0.465 e. The molecule has 0 unspecified atom stereocenters. The first-order valence-corrected chi connectivity index (χ1v) is 6.41. The van der Waals surface area contributed by atoms with E-state index in [0.29, 0.717) is 11.5 Å². The molecule has 0 bridgehead atoms. The lowest BCUT2D eigenvalue weighted by Crippen LogP contribution is -2.30. The molecule has 0 amide bonds. The molecule has 2 rings (SSSR count). The van der Waals surface area contributed by atoms with Gasteiger partial charge >= 0.3 is 5.97 Å². The van der Waals surface area contributed by atoms with Crippen molar-refractivity contribution in [2.75, 3.05) is 7.11 Å². The predicted molar refractivity (Wildman–Crippen MR) is 79.1 cm³/mol. The molecule has 0 spiro atoms. The van der Waals surface area contributed by atoms with E-state index in [-0.39, 0.29) is 5.57 Å². The van der Waals surface area contributed by atoms with Gasteiger partial charge in [-0.05, 0) is 24.3 Å². The van der Waals surface area contributed by atoms with Crippen LogP contribution in [0.5, 0.6) is 11.5 Å². The zero-order valence-corrected chi connectivity index (χ0v) is 11.7. The molecule has 4 heteroatoms. The van der Waals surface area contributed by atoms with E-state index in [1.54, 1.807) is 24.3 Å². The maximum absolute atomic E-state index is 11.7. The van der Waals surface area contributed by atoms with E-state index in [9.17, 15) is 4.79 Å². The second-order valence-electron chi connectivity index (χ2n) is 4.21. The summed E-state index contributed by atoms with van der Waals surface area (Å²) in [6.45, 7) is 3.69. The molecule has 2 aromatic rings. The van der Waals surface area contributed by atoms with Crippen LogP contribution in [0.1, 0.15) is 0 Å². The van der Waals surface area contributed by atoms with E-state index >= 15 is 0 Å². The summed E-state index contributed by atoms with van der Waals surface area (Å²) in [5.41, 5.74) is 0.0882. The lowest BCUT2D eigenvalue weighted by molar-refractivity contribution is -0.138. The van der Waals surface area contributed by atoms with Crippen LogP contribution in [-0.4, -0.2) is 19.4 Å². The van der Waals surface area contributed by atoms with E-state index in [1.807, 2.05) is 36.4 Å². The van der Waals surface area contributed by atoms with Crippen LogP contribution in [-0.2, 0) is 9.53 Å². The number of hydrogen-bond donors (Lipinski definition) is 0. The summed E-state index contributed by atoms with van der Waals surface area (Å²) in [4.78, 5) is 11.7. The Labute approximate surface area is 123 Å². The minimum absolute atomic E-state index is 0.0882. The third-order valence-electron chi connectivity index (χ3n) is 2.70. The number of para-hydroxylation sites is 2. The number of methoxy groups -OCH3 is 1. The van der Waals surface area contributed by atoms with Gasteiger partial charge in [0.2, 0.25) is 0 Å². The van der Waals surface area contributed by atoms with Crippen LogP contribution in [0, 0.1) is 0 Å². The molecule has 0 aliphatic carbocycles. The van der Waals surface area contributed by atoms with Crippen LogP contribution in [0.3, 0.4) is 0 Å². The van der Waals surface area contributed by atoms with Crippen LogP contribution >= 0.6 is 0 Å². The fourth-order valence-corrected chi connectivity index (χ4v) is 1.64. The van der Waals surface area contributed by atoms with Gasteiger partial charge in [0.25, 0.3) is 6.29 Å². The van der Waals surface area contributed by atoms with Gasteiger partial charge in [-0.3, -0.25) is 0 Å². The van der Waals surface area contributed by atoms with Crippen molar-refractivity contribution in [3.63, 3.8) is 0 Å². The summed E-state index contributed by atoms with van der Waals surface area (Å²) < 4.78 is 16.0. The molecule has 108 valence electrons. The lowest BCUT2D eigenvalue weighted by atomic mass is 10.3. The molecule has 0 fully saturated rings. The Morgan fingerprint density at radius 1 is 0.905 bits per heavy atom. The monoisotopic (exact) mass is 284 g/mol. The molecule has 4 nitrogen and oxygen atoms in total. The second kappa shape index (κ2) is 7.14. The summed E-state index contributed by atoms with van der Waals surface area (Å²) in [6, 6.07) is 18.1. The average Bonchev–Trinajstić information content (AvgIpc) is 2.54. The van der Waals surface area contributed by atoms with Crippen LogP contribution in [0.4, 0.5) is 0 Å². The third kappa shape index (κ3) is 4.11. The molecule has 2 aromatic carbocycles. The summed E-state index contributed by atoms with van der Waals surface area (Å²) in [7, 11) is 1.29. The van der Waals surface area contributed by atoms with Gasteiger partial charge in [0, 0.05) is 0 Å². The molecular weight excluding hydrogens is 268 g/mol. The topological polar surface area (TPSA) is 44.8 Å². The van der Waals surface area contributed by atoms with Crippen molar-refractivity contribution in [3.8, 4) is 11.5 Å². The van der Waals surface area contributed by atoms with Gasteiger partial charge in [-0.15, -0.1) is 0 Å². The molecule has 0 N–H and O–H groups in total. The molecule has 0 aromatic heterocycles. The first-order valence-electron chi connectivity index (χ1n) is 6.41. The SMILES string of the molecule is C=C(C(=O)OC)C(Oc1ccccc1)Oc1ccccc1. The smallest absolute Gasteiger partial charge is 0.340 e. The number of ether oxygens (including phenoxy) is 3. The van der Waals surface area contributed by atoms with Crippen molar-refractivity contribution in [2.24, 2.45) is 0 Å². The molecule has 0 radical (unpaired) electrons. The van der Waals surface area contributed by atoms with E-state index in [0.717, 1.165) is 0 Å². The molecule has 0 heterocycles. The highest BCUT2D eigenvalue weighted by Crippen LogP contribution is 2.19. The Kier molecular flexibility index (Phi) is 4.99. The van der Waals surface area contributed by atoms with Crippen molar-refractivity contribution < 1.29 is 19.0 Å². The van der Waals surface area contributed by atoms with Crippen molar-refractivity contribution >= 4 is 5.97 Å². The zero-order chi connectivity index (χ0) is 15.1. The zero-order valence-electron chi connectivity index (χ0n) is 11.7. The first kappa shape index (κ1) is 14.7. The fraction of sp³-hybridized carbons (Fsp3) is 0.118. The van der Waals surface area contributed by atoms with Gasteiger partial charge in [-0.1, -0.05) is 43.0 Å². The van der Waals surface area contributed by atoms with Gasteiger partial charge in [-0.25, -0.2) is 4.79 Å². The Morgan fingerprint density at radius 3 is 1.71 bits per heavy atom. The number of rotatable bonds is 6. The quantitative estimate of drug-likeness (QED) is 0.464. The first-order chi connectivity index (χ1) is 10.2. The van der Waals surface area contributed by atoms with Crippen molar-refractivity contribution in [3.05, 3.63) is 72.8 Å². The van der Waals surface area contributed by atoms with E-state index < -0.39 is 12.3 Å². The van der Waals surface area contributed by atoms with Crippen LogP contribution < -0.4 is 9.47 Å². The van der Waals surface area contributed by atoms with E-state index in [4.69, 9.17) is 9.47 Å². The van der Waals surface area contributed by atoms with E-state index in [2.05, 4.69) is 11.3 Å². The van der Waals surface area contributed by atoms with Gasteiger partial charge in [0.15, 0.2) is 0 Å². The normalized spacial score (nSPS) is 10.0. The summed E-state index contributed by atoms with van der Waals surface area (Å²) in [5.74, 6) is 0.568.